The molecule has 4 nitrogen and oxygen atoms in total. The van der Waals surface area contributed by atoms with Crippen molar-refractivity contribution in [2.75, 3.05) is 0 Å². The van der Waals surface area contributed by atoms with Crippen LogP contribution in [0.2, 0.25) is 0 Å². The Labute approximate surface area is 97.6 Å². The molecule has 3 rings (SSSR count). The average Bonchev–Trinajstić information content (AvgIpc) is 2.83. The summed E-state index contributed by atoms with van der Waals surface area (Å²) in [6.07, 6.45) is 7.90. The van der Waals surface area contributed by atoms with Crippen LogP contribution in [0.3, 0.4) is 0 Å². The number of carbonyl (C=O) groups is 1. The third kappa shape index (κ3) is 1.50. The van der Waals surface area contributed by atoms with Gasteiger partial charge >= 0.3 is 0 Å². The van der Waals surface area contributed by atoms with Crippen molar-refractivity contribution < 1.29 is 4.79 Å². The van der Waals surface area contributed by atoms with E-state index >= 15 is 0 Å². The first-order valence-electron chi connectivity index (χ1n) is 5.22. The Morgan fingerprint density at radius 2 is 2.12 bits per heavy atom. The summed E-state index contributed by atoms with van der Waals surface area (Å²) >= 11 is 0. The maximum Gasteiger partial charge on any atom is 0.152 e. The predicted molar refractivity (Wildman–Crippen MR) is 63.8 cm³/mol. The number of pyridine rings is 2. The van der Waals surface area contributed by atoms with Crippen LogP contribution in [0.1, 0.15) is 10.4 Å². The molecule has 3 heterocycles. The van der Waals surface area contributed by atoms with Crippen molar-refractivity contribution in [2.45, 2.75) is 0 Å². The molecule has 0 radical (unpaired) electrons. The highest BCUT2D eigenvalue weighted by atomic mass is 16.1. The van der Waals surface area contributed by atoms with Crippen molar-refractivity contribution in [2.24, 2.45) is 0 Å². The van der Waals surface area contributed by atoms with Gasteiger partial charge in [0, 0.05) is 29.7 Å². The Morgan fingerprint density at radius 1 is 1.18 bits per heavy atom. The number of aldehydes is 1. The number of imidazole rings is 1. The minimum absolute atomic E-state index is 0.634. The van der Waals surface area contributed by atoms with Crippen LogP contribution >= 0.6 is 0 Å². The SMILES string of the molecule is O=Cc1cccn2c(-c3cccnc3)ncc12. The van der Waals surface area contributed by atoms with Crippen LogP contribution in [-0.2, 0) is 0 Å². The van der Waals surface area contributed by atoms with Gasteiger partial charge in [0.1, 0.15) is 5.82 Å². The quantitative estimate of drug-likeness (QED) is 0.626. The lowest BCUT2D eigenvalue weighted by molar-refractivity contribution is 0.112. The summed E-state index contributed by atoms with van der Waals surface area (Å²) in [4.78, 5) is 19.3. The van der Waals surface area contributed by atoms with Crippen molar-refractivity contribution in [3.8, 4) is 11.4 Å². The number of rotatable bonds is 2. The van der Waals surface area contributed by atoms with E-state index < -0.39 is 0 Å². The van der Waals surface area contributed by atoms with Crippen LogP contribution in [0, 0.1) is 0 Å². The molecular weight excluding hydrogens is 214 g/mol. The number of hydrogen-bond acceptors (Lipinski definition) is 3. The highest BCUT2D eigenvalue weighted by Crippen LogP contribution is 2.19. The Kier molecular flexibility index (Phi) is 2.19. The van der Waals surface area contributed by atoms with Crippen LogP contribution in [0.25, 0.3) is 16.9 Å². The second-order valence-corrected chi connectivity index (χ2v) is 3.66. The van der Waals surface area contributed by atoms with E-state index in [0.717, 1.165) is 23.2 Å². The van der Waals surface area contributed by atoms with Crippen LogP contribution in [0.4, 0.5) is 0 Å². The fraction of sp³-hybridized carbons (Fsp3) is 0. The summed E-state index contributed by atoms with van der Waals surface area (Å²) in [6.45, 7) is 0. The Balaban J connectivity index is 2.30. The van der Waals surface area contributed by atoms with E-state index in [9.17, 15) is 4.79 Å². The van der Waals surface area contributed by atoms with Crippen LogP contribution < -0.4 is 0 Å². The van der Waals surface area contributed by atoms with Gasteiger partial charge in [-0.2, -0.15) is 0 Å². The molecule has 0 amide bonds. The lowest BCUT2D eigenvalue weighted by atomic mass is 10.2. The average molecular weight is 223 g/mol. The molecule has 0 N–H and O–H groups in total. The second kappa shape index (κ2) is 3.83. The van der Waals surface area contributed by atoms with Gasteiger partial charge in [0.05, 0.1) is 11.7 Å². The Morgan fingerprint density at radius 3 is 2.88 bits per heavy atom. The number of carbonyl (C=O) groups excluding carboxylic acids is 1. The molecule has 0 aromatic carbocycles. The molecule has 3 aromatic rings. The smallest absolute Gasteiger partial charge is 0.152 e. The summed E-state index contributed by atoms with van der Waals surface area (Å²) in [5.74, 6) is 0.789. The molecule has 0 atom stereocenters. The molecular formula is C13H9N3O. The zero-order chi connectivity index (χ0) is 11.7. The van der Waals surface area contributed by atoms with Crippen molar-refractivity contribution in [3.05, 3.63) is 54.6 Å². The number of nitrogens with zero attached hydrogens (tertiary/aromatic N) is 3. The second-order valence-electron chi connectivity index (χ2n) is 3.66. The van der Waals surface area contributed by atoms with Gasteiger partial charge in [-0.25, -0.2) is 4.98 Å². The van der Waals surface area contributed by atoms with Gasteiger partial charge < -0.3 is 0 Å². The van der Waals surface area contributed by atoms with Crippen molar-refractivity contribution >= 4 is 11.8 Å². The first-order valence-corrected chi connectivity index (χ1v) is 5.22. The van der Waals surface area contributed by atoms with E-state index in [0.29, 0.717) is 5.56 Å². The zero-order valence-corrected chi connectivity index (χ0v) is 8.95. The van der Waals surface area contributed by atoms with Gasteiger partial charge in [0.2, 0.25) is 0 Å². The summed E-state index contributed by atoms with van der Waals surface area (Å²) in [6, 6.07) is 7.41. The minimum atomic E-state index is 0.634. The third-order valence-electron chi connectivity index (χ3n) is 2.65. The highest BCUT2D eigenvalue weighted by molar-refractivity contribution is 5.86. The van der Waals surface area contributed by atoms with Crippen molar-refractivity contribution in [1.82, 2.24) is 14.4 Å². The molecule has 0 saturated carbocycles. The predicted octanol–water partition coefficient (Wildman–Crippen LogP) is 2.21. The van der Waals surface area contributed by atoms with Gasteiger partial charge in [-0.15, -0.1) is 0 Å². The summed E-state index contributed by atoms with van der Waals surface area (Å²) < 4.78 is 1.89. The third-order valence-corrected chi connectivity index (χ3v) is 2.65. The summed E-state index contributed by atoms with van der Waals surface area (Å²) in [7, 11) is 0. The van der Waals surface area contributed by atoms with E-state index in [4.69, 9.17) is 0 Å². The first-order chi connectivity index (χ1) is 8.40. The maximum atomic E-state index is 10.9. The molecule has 82 valence electrons. The van der Waals surface area contributed by atoms with E-state index in [1.54, 1.807) is 24.7 Å². The number of hydrogen-bond donors (Lipinski definition) is 0. The Bertz CT molecular complexity index is 673. The lowest BCUT2D eigenvalue weighted by Gasteiger charge is -2.01. The first kappa shape index (κ1) is 9.72. The lowest BCUT2D eigenvalue weighted by Crippen LogP contribution is -1.92. The summed E-state index contributed by atoms with van der Waals surface area (Å²) in [5.41, 5.74) is 2.37. The standard InChI is InChI=1S/C13H9N3O/c17-9-11-4-2-6-16-12(11)8-15-13(16)10-3-1-5-14-7-10/h1-9H. The molecule has 0 aliphatic carbocycles. The molecule has 0 aliphatic heterocycles. The van der Waals surface area contributed by atoms with Crippen LogP contribution in [0.15, 0.2) is 49.1 Å². The molecule has 0 aliphatic rings. The largest absolute Gasteiger partial charge is 0.299 e. The molecule has 0 spiro atoms. The van der Waals surface area contributed by atoms with Crippen molar-refractivity contribution in [3.63, 3.8) is 0 Å². The minimum Gasteiger partial charge on any atom is -0.299 e. The van der Waals surface area contributed by atoms with Gasteiger partial charge in [-0.05, 0) is 24.3 Å². The Hall–Kier alpha value is -2.49. The fourth-order valence-electron chi connectivity index (χ4n) is 1.85. The van der Waals surface area contributed by atoms with Gasteiger partial charge in [-0.3, -0.25) is 14.2 Å². The maximum absolute atomic E-state index is 10.9. The number of aromatic nitrogens is 3. The normalized spacial score (nSPS) is 10.6. The zero-order valence-electron chi connectivity index (χ0n) is 8.95. The molecule has 0 unspecified atom stereocenters. The monoisotopic (exact) mass is 223 g/mol. The van der Waals surface area contributed by atoms with Gasteiger partial charge in [-0.1, -0.05) is 0 Å². The van der Waals surface area contributed by atoms with E-state index in [1.165, 1.54) is 0 Å². The van der Waals surface area contributed by atoms with Crippen LogP contribution in [0.5, 0.6) is 0 Å². The van der Waals surface area contributed by atoms with E-state index in [2.05, 4.69) is 9.97 Å². The van der Waals surface area contributed by atoms with E-state index in [-0.39, 0.29) is 0 Å². The van der Waals surface area contributed by atoms with Gasteiger partial charge in [0.25, 0.3) is 0 Å². The molecule has 4 heteroatoms. The van der Waals surface area contributed by atoms with Crippen LogP contribution in [-0.4, -0.2) is 20.7 Å². The van der Waals surface area contributed by atoms with E-state index in [1.807, 2.05) is 28.8 Å². The highest BCUT2D eigenvalue weighted by Gasteiger charge is 2.08. The fourth-order valence-corrected chi connectivity index (χ4v) is 1.85. The molecule has 0 bridgehead atoms. The molecule has 3 aromatic heterocycles. The molecule has 0 saturated heterocycles. The molecule has 0 fully saturated rings. The number of fused-ring (bicyclic) bond motifs is 1. The molecule has 17 heavy (non-hydrogen) atoms. The summed E-state index contributed by atoms with van der Waals surface area (Å²) in [5, 5.41) is 0. The topological polar surface area (TPSA) is 47.3 Å². The van der Waals surface area contributed by atoms with Crippen molar-refractivity contribution in [1.29, 1.82) is 0 Å². The van der Waals surface area contributed by atoms with Gasteiger partial charge in [0.15, 0.2) is 6.29 Å².